The zero-order valence-corrected chi connectivity index (χ0v) is 18.0. The van der Waals surface area contributed by atoms with E-state index in [1.165, 1.54) is 23.9 Å². The maximum atomic E-state index is 13.6. The molecule has 31 heavy (non-hydrogen) atoms. The third-order valence-corrected chi connectivity index (χ3v) is 6.41. The molecule has 0 amide bonds. The molecule has 0 atom stereocenters. The molecule has 0 bridgehead atoms. The van der Waals surface area contributed by atoms with E-state index in [-0.39, 0.29) is 5.82 Å². The van der Waals surface area contributed by atoms with Crippen molar-refractivity contribution in [2.24, 2.45) is 0 Å². The topological polar surface area (TPSA) is 82.8 Å². The van der Waals surface area contributed by atoms with Gasteiger partial charge in [-0.3, -0.25) is 4.57 Å². The Morgan fingerprint density at radius 3 is 2.90 bits per heavy atom. The van der Waals surface area contributed by atoms with Crippen molar-refractivity contribution in [1.29, 1.82) is 0 Å². The van der Waals surface area contributed by atoms with Gasteiger partial charge in [0.1, 0.15) is 11.6 Å². The summed E-state index contributed by atoms with van der Waals surface area (Å²) in [5.74, 6) is 2.46. The summed E-state index contributed by atoms with van der Waals surface area (Å²) in [6, 6.07) is 12.2. The molecular formula is C21H16FN5O2S2. The second kappa shape index (κ2) is 8.48. The summed E-state index contributed by atoms with van der Waals surface area (Å²) in [6.07, 6.45) is 1.65. The van der Waals surface area contributed by atoms with Crippen molar-refractivity contribution in [2.45, 2.75) is 24.4 Å². The second-order valence-electron chi connectivity index (χ2n) is 6.71. The van der Waals surface area contributed by atoms with Gasteiger partial charge in [-0.2, -0.15) is 4.98 Å². The number of benzene rings is 1. The Bertz CT molecular complexity index is 1300. The van der Waals surface area contributed by atoms with E-state index in [9.17, 15) is 4.39 Å². The summed E-state index contributed by atoms with van der Waals surface area (Å²) in [4.78, 5) is 5.44. The first kappa shape index (κ1) is 19.7. The Kier molecular flexibility index (Phi) is 5.39. The highest BCUT2D eigenvalue weighted by molar-refractivity contribution is 7.98. The fraction of sp³-hybridized carbons (Fsp3) is 0.143. The van der Waals surface area contributed by atoms with Gasteiger partial charge < -0.3 is 8.94 Å². The van der Waals surface area contributed by atoms with Crippen molar-refractivity contribution in [3.8, 4) is 22.2 Å². The molecule has 0 unspecified atom stereocenters. The quantitative estimate of drug-likeness (QED) is 0.304. The lowest BCUT2D eigenvalue weighted by molar-refractivity contribution is 0.424. The van der Waals surface area contributed by atoms with E-state index in [1.807, 2.05) is 41.1 Å². The molecule has 7 nitrogen and oxygen atoms in total. The molecule has 0 N–H and O–H groups in total. The zero-order valence-electron chi connectivity index (χ0n) is 16.4. The molecule has 0 saturated heterocycles. The number of nitrogens with zero attached hydrogens (tertiary/aromatic N) is 5. The molecule has 0 fully saturated rings. The van der Waals surface area contributed by atoms with Gasteiger partial charge in [0.2, 0.25) is 0 Å². The van der Waals surface area contributed by atoms with E-state index in [1.54, 1.807) is 23.7 Å². The average Bonchev–Trinajstić information content (AvgIpc) is 3.56. The van der Waals surface area contributed by atoms with Gasteiger partial charge in [0.25, 0.3) is 5.89 Å². The van der Waals surface area contributed by atoms with Crippen molar-refractivity contribution in [3.63, 3.8) is 0 Å². The van der Waals surface area contributed by atoms with Crippen LogP contribution < -0.4 is 0 Å². The van der Waals surface area contributed by atoms with Crippen LogP contribution in [0.25, 0.3) is 22.2 Å². The van der Waals surface area contributed by atoms with Crippen LogP contribution in [-0.4, -0.2) is 24.9 Å². The van der Waals surface area contributed by atoms with Crippen molar-refractivity contribution >= 4 is 23.1 Å². The first-order chi connectivity index (χ1) is 15.2. The van der Waals surface area contributed by atoms with Crippen LogP contribution in [0.1, 0.15) is 17.1 Å². The molecule has 0 aliphatic heterocycles. The average molecular weight is 454 g/mol. The van der Waals surface area contributed by atoms with Gasteiger partial charge in [-0.15, -0.1) is 21.5 Å². The van der Waals surface area contributed by atoms with Crippen LogP contribution in [0, 0.1) is 12.7 Å². The summed E-state index contributed by atoms with van der Waals surface area (Å²) in [5.41, 5.74) is 1.45. The van der Waals surface area contributed by atoms with Gasteiger partial charge in [0.05, 0.1) is 23.4 Å². The molecule has 5 rings (SSSR count). The van der Waals surface area contributed by atoms with Gasteiger partial charge in [-0.05, 0) is 48.2 Å². The number of furan rings is 1. The summed E-state index contributed by atoms with van der Waals surface area (Å²) >= 11 is 3.05. The van der Waals surface area contributed by atoms with E-state index < -0.39 is 0 Å². The number of hydrogen-bond acceptors (Lipinski definition) is 8. The van der Waals surface area contributed by atoms with Gasteiger partial charge in [0, 0.05) is 5.56 Å². The molecule has 0 saturated carbocycles. The maximum absolute atomic E-state index is 13.6. The van der Waals surface area contributed by atoms with Crippen molar-refractivity contribution in [1.82, 2.24) is 24.9 Å². The van der Waals surface area contributed by atoms with Crippen LogP contribution in [0.2, 0.25) is 0 Å². The van der Waals surface area contributed by atoms with Crippen LogP contribution in [0.3, 0.4) is 0 Å². The summed E-state index contributed by atoms with van der Waals surface area (Å²) < 4.78 is 26.5. The van der Waals surface area contributed by atoms with Gasteiger partial charge in [0.15, 0.2) is 16.8 Å². The number of thiophene rings is 1. The van der Waals surface area contributed by atoms with E-state index in [2.05, 4.69) is 20.3 Å². The van der Waals surface area contributed by atoms with E-state index >= 15 is 0 Å². The maximum Gasteiger partial charge on any atom is 0.258 e. The lowest BCUT2D eigenvalue weighted by atomic mass is 10.1. The first-order valence-electron chi connectivity index (χ1n) is 9.39. The minimum atomic E-state index is -0.346. The first-order valence-corrected chi connectivity index (χ1v) is 11.3. The molecule has 4 aromatic heterocycles. The molecule has 10 heteroatoms. The van der Waals surface area contributed by atoms with E-state index in [0.29, 0.717) is 34.7 Å². The minimum Gasteiger partial charge on any atom is -0.467 e. The van der Waals surface area contributed by atoms with Crippen molar-refractivity contribution in [3.05, 3.63) is 77.1 Å². The Labute approximate surface area is 184 Å². The van der Waals surface area contributed by atoms with E-state index in [0.717, 1.165) is 22.0 Å². The highest BCUT2D eigenvalue weighted by atomic mass is 32.2. The van der Waals surface area contributed by atoms with Crippen LogP contribution in [0.5, 0.6) is 0 Å². The number of rotatable bonds is 7. The predicted molar refractivity (Wildman–Crippen MR) is 115 cm³/mol. The normalized spacial score (nSPS) is 11.3. The third-order valence-electron chi connectivity index (χ3n) is 4.58. The third kappa shape index (κ3) is 4.17. The molecule has 0 aliphatic rings. The van der Waals surface area contributed by atoms with Gasteiger partial charge >= 0.3 is 0 Å². The molecule has 5 aromatic rings. The molecule has 1 aromatic carbocycles. The lowest BCUT2D eigenvalue weighted by Crippen LogP contribution is -2.03. The SMILES string of the molecule is Cc1ccc(F)cc1-c1nc(CSc2nnc(-c3cccs3)n2Cc2ccco2)no1. The smallest absolute Gasteiger partial charge is 0.258 e. The number of thioether (sulfide) groups is 1. The molecule has 0 radical (unpaired) electrons. The van der Waals surface area contributed by atoms with Gasteiger partial charge in [-0.25, -0.2) is 4.39 Å². The zero-order chi connectivity index (χ0) is 21.2. The van der Waals surface area contributed by atoms with E-state index in [4.69, 9.17) is 8.94 Å². The largest absolute Gasteiger partial charge is 0.467 e. The predicted octanol–water partition coefficient (Wildman–Crippen LogP) is 5.44. The fourth-order valence-corrected chi connectivity index (χ4v) is 4.56. The lowest BCUT2D eigenvalue weighted by Gasteiger charge is -2.07. The highest BCUT2D eigenvalue weighted by Gasteiger charge is 2.18. The Hall–Kier alpha value is -3.24. The summed E-state index contributed by atoms with van der Waals surface area (Å²) in [7, 11) is 0. The molecule has 0 aliphatic carbocycles. The van der Waals surface area contributed by atoms with Gasteiger partial charge in [-0.1, -0.05) is 29.1 Å². The molecular weight excluding hydrogens is 437 g/mol. The monoisotopic (exact) mass is 453 g/mol. The Balaban J connectivity index is 1.38. The minimum absolute atomic E-state index is 0.295. The fourth-order valence-electron chi connectivity index (χ4n) is 3.06. The number of aryl methyl sites for hydroxylation is 1. The van der Waals surface area contributed by atoms with Crippen LogP contribution in [0.15, 0.2) is 68.2 Å². The van der Waals surface area contributed by atoms with Crippen molar-refractivity contribution in [2.75, 3.05) is 0 Å². The summed E-state index contributed by atoms with van der Waals surface area (Å²) in [5, 5.41) is 15.5. The molecule has 156 valence electrons. The number of hydrogen-bond donors (Lipinski definition) is 0. The van der Waals surface area contributed by atoms with Crippen molar-refractivity contribution < 1.29 is 13.3 Å². The number of halogens is 1. The summed E-state index contributed by atoms with van der Waals surface area (Å²) in [6.45, 7) is 2.38. The second-order valence-corrected chi connectivity index (χ2v) is 8.60. The Morgan fingerprint density at radius 2 is 2.10 bits per heavy atom. The van der Waals surface area contributed by atoms with Crippen LogP contribution >= 0.6 is 23.1 Å². The van der Waals surface area contributed by atoms with Crippen LogP contribution in [-0.2, 0) is 12.3 Å². The number of aromatic nitrogens is 5. The molecule has 4 heterocycles. The van der Waals surface area contributed by atoms with Crippen LogP contribution in [0.4, 0.5) is 4.39 Å². The standard InChI is InChI=1S/C21H16FN5O2S2/c1-13-6-7-14(22)10-16(13)20-23-18(26-29-20)12-31-21-25-24-19(17-5-3-9-30-17)27(21)11-15-4-2-8-28-15/h2-10H,11-12H2,1H3. The molecule has 0 spiro atoms. The highest BCUT2D eigenvalue weighted by Crippen LogP contribution is 2.30. The Morgan fingerprint density at radius 1 is 1.16 bits per heavy atom.